The van der Waals surface area contributed by atoms with Gasteiger partial charge in [-0.3, -0.25) is 4.79 Å². The van der Waals surface area contributed by atoms with E-state index in [2.05, 4.69) is 29.5 Å². The molecule has 6 nitrogen and oxygen atoms in total. The van der Waals surface area contributed by atoms with Crippen molar-refractivity contribution >= 4 is 5.91 Å². The number of methoxy groups -OCH3 is 1. The Morgan fingerprint density at radius 2 is 2.32 bits per heavy atom. The summed E-state index contributed by atoms with van der Waals surface area (Å²) in [5.41, 5.74) is 0. The zero-order valence-corrected chi connectivity index (χ0v) is 12.0. The average molecular weight is 268 g/mol. The van der Waals surface area contributed by atoms with Crippen LogP contribution in [-0.2, 0) is 22.6 Å². The summed E-state index contributed by atoms with van der Waals surface area (Å²) in [5, 5.41) is 6.15. The molecule has 0 atom stereocenters. The molecular weight excluding hydrogens is 244 g/mol. The number of amides is 1. The van der Waals surface area contributed by atoms with E-state index in [1.54, 1.807) is 13.3 Å². The molecule has 0 aliphatic carbocycles. The quantitative estimate of drug-likeness (QED) is 0.641. The van der Waals surface area contributed by atoms with Crippen molar-refractivity contribution in [3.05, 3.63) is 18.2 Å². The Bertz CT molecular complexity index is 376. The molecule has 2 N–H and O–H groups in total. The average Bonchev–Trinajstić information content (AvgIpc) is 2.79. The van der Waals surface area contributed by atoms with Gasteiger partial charge in [0.2, 0.25) is 5.91 Å². The highest BCUT2D eigenvalue weighted by molar-refractivity contribution is 5.75. The van der Waals surface area contributed by atoms with Gasteiger partial charge in [-0.1, -0.05) is 13.8 Å². The molecular formula is C13H24N4O2. The second kappa shape index (κ2) is 8.66. The first-order valence-electron chi connectivity index (χ1n) is 6.62. The summed E-state index contributed by atoms with van der Waals surface area (Å²) in [7, 11) is 1.65. The standard InChI is InChI=1S/C13H24N4O2/c1-11(2)16-9-12-14-6-7-17(12)10-13(18)15-5-4-8-19-3/h6-7,11,16H,4-5,8-10H2,1-3H3,(H,15,18). The summed E-state index contributed by atoms with van der Waals surface area (Å²) in [6, 6.07) is 0.396. The fraction of sp³-hybridized carbons (Fsp3) is 0.692. The molecule has 0 aliphatic rings. The number of hydrogen-bond acceptors (Lipinski definition) is 4. The molecule has 1 amide bonds. The van der Waals surface area contributed by atoms with E-state index in [0.717, 1.165) is 12.2 Å². The molecule has 0 fully saturated rings. The van der Waals surface area contributed by atoms with Crippen LogP contribution in [0.3, 0.4) is 0 Å². The first-order valence-corrected chi connectivity index (χ1v) is 6.62. The zero-order chi connectivity index (χ0) is 14.1. The van der Waals surface area contributed by atoms with Crippen molar-refractivity contribution in [2.24, 2.45) is 0 Å². The van der Waals surface area contributed by atoms with Gasteiger partial charge in [0, 0.05) is 38.7 Å². The van der Waals surface area contributed by atoms with E-state index in [1.165, 1.54) is 0 Å². The molecule has 0 radical (unpaired) electrons. The van der Waals surface area contributed by atoms with Gasteiger partial charge in [0.05, 0.1) is 6.54 Å². The summed E-state index contributed by atoms with van der Waals surface area (Å²) in [6.45, 7) is 6.44. The van der Waals surface area contributed by atoms with Crippen molar-refractivity contribution in [1.29, 1.82) is 0 Å². The number of hydrogen-bond donors (Lipinski definition) is 2. The zero-order valence-electron chi connectivity index (χ0n) is 12.0. The fourth-order valence-electron chi connectivity index (χ4n) is 1.60. The van der Waals surface area contributed by atoms with Crippen LogP contribution >= 0.6 is 0 Å². The predicted octanol–water partition coefficient (Wildman–Crippen LogP) is 0.534. The van der Waals surface area contributed by atoms with Crippen molar-refractivity contribution in [2.45, 2.75) is 39.4 Å². The van der Waals surface area contributed by atoms with E-state index in [1.807, 2.05) is 10.8 Å². The Morgan fingerprint density at radius 3 is 3.00 bits per heavy atom. The number of imidazole rings is 1. The predicted molar refractivity (Wildman–Crippen MR) is 73.7 cm³/mol. The number of rotatable bonds is 9. The number of carbonyl (C=O) groups excluding carboxylic acids is 1. The first kappa shape index (κ1) is 15.7. The summed E-state index contributed by atoms with van der Waals surface area (Å²) in [5.74, 6) is 0.876. The second-order valence-electron chi connectivity index (χ2n) is 4.70. The normalized spacial score (nSPS) is 10.9. The van der Waals surface area contributed by atoms with E-state index >= 15 is 0 Å². The molecule has 0 saturated carbocycles. The third-order valence-corrected chi connectivity index (χ3v) is 2.63. The second-order valence-corrected chi connectivity index (χ2v) is 4.70. The van der Waals surface area contributed by atoms with E-state index in [9.17, 15) is 4.79 Å². The molecule has 1 aromatic heterocycles. The third-order valence-electron chi connectivity index (χ3n) is 2.63. The number of nitrogens with one attached hydrogen (secondary N) is 2. The molecule has 6 heteroatoms. The minimum Gasteiger partial charge on any atom is -0.385 e. The molecule has 19 heavy (non-hydrogen) atoms. The summed E-state index contributed by atoms with van der Waals surface area (Å²) < 4.78 is 6.79. The van der Waals surface area contributed by atoms with E-state index < -0.39 is 0 Å². The Labute approximate surface area is 114 Å². The lowest BCUT2D eigenvalue weighted by Gasteiger charge is -2.11. The molecule has 0 aromatic carbocycles. The number of ether oxygens (including phenoxy) is 1. The minimum absolute atomic E-state index is 0.0000926. The highest BCUT2D eigenvalue weighted by atomic mass is 16.5. The van der Waals surface area contributed by atoms with Crippen molar-refractivity contribution in [3.63, 3.8) is 0 Å². The van der Waals surface area contributed by atoms with Gasteiger partial charge in [-0.15, -0.1) is 0 Å². The first-order chi connectivity index (χ1) is 9.13. The SMILES string of the molecule is COCCCNC(=O)Cn1ccnc1CNC(C)C. The van der Waals surface area contributed by atoms with Crippen molar-refractivity contribution in [3.8, 4) is 0 Å². The Morgan fingerprint density at radius 1 is 1.53 bits per heavy atom. The van der Waals surface area contributed by atoms with Crippen LogP contribution in [0, 0.1) is 0 Å². The molecule has 1 aromatic rings. The van der Waals surface area contributed by atoms with Gasteiger partial charge in [0.1, 0.15) is 12.4 Å². The number of carbonyl (C=O) groups is 1. The van der Waals surface area contributed by atoms with Gasteiger partial charge in [-0.25, -0.2) is 4.98 Å². The smallest absolute Gasteiger partial charge is 0.239 e. The minimum atomic E-state index is -0.0000926. The van der Waals surface area contributed by atoms with E-state index in [-0.39, 0.29) is 5.91 Å². The summed E-state index contributed by atoms with van der Waals surface area (Å²) in [4.78, 5) is 16.0. The maximum absolute atomic E-state index is 11.7. The molecule has 0 unspecified atom stereocenters. The Hall–Kier alpha value is -1.40. The molecule has 1 rings (SSSR count). The van der Waals surface area contributed by atoms with Gasteiger partial charge in [-0.2, -0.15) is 0 Å². The highest BCUT2D eigenvalue weighted by Crippen LogP contribution is 1.98. The lowest BCUT2D eigenvalue weighted by molar-refractivity contribution is -0.121. The maximum Gasteiger partial charge on any atom is 0.239 e. The summed E-state index contributed by atoms with van der Waals surface area (Å²) in [6.07, 6.45) is 4.37. The van der Waals surface area contributed by atoms with Crippen LogP contribution in [-0.4, -0.2) is 41.8 Å². The van der Waals surface area contributed by atoms with Gasteiger partial charge in [0.25, 0.3) is 0 Å². The molecule has 0 saturated heterocycles. The van der Waals surface area contributed by atoms with Gasteiger partial charge < -0.3 is 19.9 Å². The highest BCUT2D eigenvalue weighted by Gasteiger charge is 2.07. The van der Waals surface area contributed by atoms with Crippen LogP contribution < -0.4 is 10.6 Å². The van der Waals surface area contributed by atoms with Gasteiger partial charge >= 0.3 is 0 Å². The molecule has 0 spiro atoms. The monoisotopic (exact) mass is 268 g/mol. The number of aromatic nitrogens is 2. The fourth-order valence-corrected chi connectivity index (χ4v) is 1.60. The molecule has 0 aliphatic heterocycles. The maximum atomic E-state index is 11.7. The van der Waals surface area contributed by atoms with Gasteiger partial charge in [0.15, 0.2) is 0 Å². The lowest BCUT2D eigenvalue weighted by Crippen LogP contribution is -2.30. The van der Waals surface area contributed by atoms with Crippen LogP contribution in [0.15, 0.2) is 12.4 Å². The van der Waals surface area contributed by atoms with Crippen LogP contribution in [0.4, 0.5) is 0 Å². The molecule has 108 valence electrons. The van der Waals surface area contributed by atoms with Crippen LogP contribution in [0.25, 0.3) is 0 Å². The summed E-state index contributed by atoms with van der Waals surface area (Å²) >= 11 is 0. The molecule has 0 bridgehead atoms. The topological polar surface area (TPSA) is 68.2 Å². The molecule has 1 heterocycles. The largest absolute Gasteiger partial charge is 0.385 e. The van der Waals surface area contributed by atoms with E-state index in [0.29, 0.717) is 32.3 Å². The van der Waals surface area contributed by atoms with E-state index in [4.69, 9.17) is 4.74 Å². The van der Waals surface area contributed by atoms with Crippen LogP contribution in [0.5, 0.6) is 0 Å². The van der Waals surface area contributed by atoms with Crippen LogP contribution in [0.1, 0.15) is 26.1 Å². The van der Waals surface area contributed by atoms with Crippen molar-refractivity contribution in [1.82, 2.24) is 20.2 Å². The van der Waals surface area contributed by atoms with Crippen molar-refractivity contribution < 1.29 is 9.53 Å². The lowest BCUT2D eigenvalue weighted by atomic mass is 10.4. The number of nitrogens with zero attached hydrogens (tertiary/aromatic N) is 2. The van der Waals surface area contributed by atoms with Gasteiger partial charge in [-0.05, 0) is 6.42 Å². The Kier molecular flexibility index (Phi) is 7.14. The van der Waals surface area contributed by atoms with Crippen molar-refractivity contribution in [2.75, 3.05) is 20.3 Å². The third kappa shape index (κ3) is 6.35. The Balaban J connectivity index is 2.35. The van der Waals surface area contributed by atoms with Crippen LogP contribution in [0.2, 0.25) is 0 Å².